The van der Waals surface area contributed by atoms with Gasteiger partial charge in [-0.05, 0) is 43.1 Å². The molecule has 0 saturated carbocycles. The predicted octanol–water partition coefficient (Wildman–Crippen LogP) is 1.71. The molecular formula is C12H18N2O2. The van der Waals surface area contributed by atoms with E-state index >= 15 is 0 Å². The number of carbonyl (C=O) groups excluding carboxylic acids is 1. The molecule has 0 saturated heterocycles. The second kappa shape index (κ2) is 6.12. The Bertz CT molecular complexity index is 335. The third-order valence-electron chi connectivity index (χ3n) is 2.42. The highest BCUT2D eigenvalue weighted by atomic mass is 16.3. The average molecular weight is 222 g/mol. The second-order valence-corrected chi connectivity index (χ2v) is 3.97. The summed E-state index contributed by atoms with van der Waals surface area (Å²) in [6.07, 6.45) is 1.26. The Morgan fingerprint density at radius 1 is 1.44 bits per heavy atom. The topological polar surface area (TPSA) is 75.4 Å². The first-order valence-corrected chi connectivity index (χ1v) is 5.40. The molecule has 1 unspecified atom stereocenters. The molecule has 16 heavy (non-hydrogen) atoms. The number of phenolic OH excluding ortho intramolecular Hbond substituents is 1. The second-order valence-electron chi connectivity index (χ2n) is 3.97. The molecule has 4 heteroatoms. The van der Waals surface area contributed by atoms with Crippen molar-refractivity contribution in [2.75, 3.05) is 11.9 Å². The molecule has 1 aromatic rings. The van der Waals surface area contributed by atoms with Gasteiger partial charge in [0.15, 0.2) is 0 Å². The van der Waals surface area contributed by atoms with Crippen molar-refractivity contribution in [2.24, 2.45) is 11.7 Å². The van der Waals surface area contributed by atoms with Gasteiger partial charge in [-0.3, -0.25) is 4.79 Å². The van der Waals surface area contributed by atoms with Gasteiger partial charge in [0.05, 0.1) is 0 Å². The molecule has 1 aromatic carbocycles. The van der Waals surface area contributed by atoms with Gasteiger partial charge in [0.25, 0.3) is 0 Å². The van der Waals surface area contributed by atoms with Crippen LogP contribution >= 0.6 is 0 Å². The van der Waals surface area contributed by atoms with Gasteiger partial charge in [-0.25, -0.2) is 0 Å². The maximum Gasteiger partial charge on any atom is 0.224 e. The number of aromatic hydroxyl groups is 1. The van der Waals surface area contributed by atoms with Gasteiger partial charge in [0.1, 0.15) is 5.75 Å². The van der Waals surface area contributed by atoms with Crippen LogP contribution in [-0.4, -0.2) is 17.6 Å². The average Bonchev–Trinajstić information content (AvgIpc) is 2.29. The maximum absolute atomic E-state index is 11.5. The van der Waals surface area contributed by atoms with Crippen LogP contribution in [0.4, 0.5) is 5.69 Å². The highest BCUT2D eigenvalue weighted by molar-refractivity contribution is 5.90. The van der Waals surface area contributed by atoms with Crippen LogP contribution in [0.25, 0.3) is 0 Å². The molecule has 1 rings (SSSR count). The number of amides is 1. The van der Waals surface area contributed by atoms with Gasteiger partial charge in [-0.2, -0.15) is 0 Å². The number of anilines is 1. The van der Waals surface area contributed by atoms with Crippen molar-refractivity contribution in [3.63, 3.8) is 0 Å². The van der Waals surface area contributed by atoms with E-state index in [0.29, 0.717) is 24.6 Å². The van der Waals surface area contributed by atoms with Gasteiger partial charge < -0.3 is 16.2 Å². The maximum atomic E-state index is 11.5. The quantitative estimate of drug-likeness (QED) is 0.664. The highest BCUT2D eigenvalue weighted by Gasteiger charge is 2.05. The SMILES string of the molecule is CC(CN)CCC(=O)Nc1ccc(O)cc1. The van der Waals surface area contributed by atoms with E-state index in [9.17, 15) is 4.79 Å². The first kappa shape index (κ1) is 12.5. The molecule has 0 aliphatic rings. The van der Waals surface area contributed by atoms with E-state index < -0.39 is 0 Å². The Kier molecular flexibility index (Phi) is 4.79. The van der Waals surface area contributed by atoms with Crippen LogP contribution in [0.5, 0.6) is 5.75 Å². The molecule has 0 heterocycles. The van der Waals surface area contributed by atoms with Crippen LogP contribution in [0.15, 0.2) is 24.3 Å². The summed E-state index contributed by atoms with van der Waals surface area (Å²) in [7, 11) is 0. The van der Waals surface area contributed by atoms with E-state index in [1.165, 1.54) is 12.1 Å². The molecule has 1 atom stereocenters. The van der Waals surface area contributed by atoms with E-state index in [2.05, 4.69) is 5.32 Å². The molecule has 4 N–H and O–H groups in total. The Morgan fingerprint density at radius 2 is 2.06 bits per heavy atom. The van der Waals surface area contributed by atoms with Crippen molar-refractivity contribution in [3.8, 4) is 5.75 Å². The Labute approximate surface area is 95.5 Å². The normalized spacial score (nSPS) is 12.1. The van der Waals surface area contributed by atoms with Gasteiger partial charge in [0.2, 0.25) is 5.91 Å². The number of nitrogens with two attached hydrogens (primary N) is 1. The van der Waals surface area contributed by atoms with Crippen LogP contribution < -0.4 is 11.1 Å². The van der Waals surface area contributed by atoms with Crippen molar-refractivity contribution in [2.45, 2.75) is 19.8 Å². The molecule has 1 amide bonds. The lowest BCUT2D eigenvalue weighted by Crippen LogP contribution is -2.16. The van der Waals surface area contributed by atoms with Gasteiger partial charge in [-0.1, -0.05) is 6.92 Å². The lowest BCUT2D eigenvalue weighted by atomic mass is 10.1. The molecule has 0 aliphatic carbocycles. The number of rotatable bonds is 5. The standard InChI is InChI=1S/C12H18N2O2/c1-9(8-13)2-7-12(16)14-10-3-5-11(15)6-4-10/h3-6,9,15H,2,7-8,13H2,1H3,(H,14,16). The molecular weight excluding hydrogens is 204 g/mol. The van der Waals surface area contributed by atoms with Crippen LogP contribution in [0, 0.1) is 5.92 Å². The Hall–Kier alpha value is -1.55. The summed E-state index contributed by atoms with van der Waals surface area (Å²) in [5, 5.41) is 11.8. The minimum absolute atomic E-state index is 0.0222. The minimum atomic E-state index is -0.0222. The van der Waals surface area contributed by atoms with Crippen molar-refractivity contribution >= 4 is 11.6 Å². The monoisotopic (exact) mass is 222 g/mol. The smallest absolute Gasteiger partial charge is 0.224 e. The lowest BCUT2D eigenvalue weighted by molar-refractivity contribution is -0.116. The lowest BCUT2D eigenvalue weighted by Gasteiger charge is -2.08. The van der Waals surface area contributed by atoms with Crippen molar-refractivity contribution < 1.29 is 9.90 Å². The molecule has 0 aliphatic heterocycles. The molecule has 0 aromatic heterocycles. The van der Waals surface area contributed by atoms with Gasteiger partial charge >= 0.3 is 0 Å². The molecule has 0 bridgehead atoms. The van der Waals surface area contributed by atoms with E-state index in [0.717, 1.165) is 6.42 Å². The van der Waals surface area contributed by atoms with Crippen molar-refractivity contribution in [1.29, 1.82) is 0 Å². The number of phenols is 1. The van der Waals surface area contributed by atoms with E-state index in [1.54, 1.807) is 12.1 Å². The number of hydrogen-bond acceptors (Lipinski definition) is 3. The molecule has 0 fully saturated rings. The van der Waals surface area contributed by atoms with Crippen LogP contribution in [0.3, 0.4) is 0 Å². The minimum Gasteiger partial charge on any atom is -0.508 e. The number of carbonyl (C=O) groups is 1. The fraction of sp³-hybridized carbons (Fsp3) is 0.417. The predicted molar refractivity (Wildman–Crippen MR) is 64.2 cm³/mol. The first-order valence-electron chi connectivity index (χ1n) is 5.40. The molecule has 4 nitrogen and oxygen atoms in total. The number of hydrogen-bond donors (Lipinski definition) is 3. The zero-order valence-electron chi connectivity index (χ0n) is 9.44. The summed E-state index contributed by atoms with van der Waals surface area (Å²) >= 11 is 0. The van der Waals surface area contributed by atoms with Crippen LogP contribution in [0.1, 0.15) is 19.8 Å². The first-order chi connectivity index (χ1) is 7.61. The molecule has 0 spiro atoms. The highest BCUT2D eigenvalue weighted by Crippen LogP contribution is 2.14. The fourth-order valence-corrected chi connectivity index (χ4v) is 1.26. The number of nitrogens with one attached hydrogen (secondary N) is 1. The third-order valence-corrected chi connectivity index (χ3v) is 2.42. The van der Waals surface area contributed by atoms with Gasteiger partial charge in [-0.15, -0.1) is 0 Å². The summed E-state index contributed by atoms with van der Waals surface area (Å²) in [6.45, 7) is 2.63. The van der Waals surface area contributed by atoms with Crippen LogP contribution in [0.2, 0.25) is 0 Å². The molecule has 0 radical (unpaired) electrons. The van der Waals surface area contributed by atoms with Crippen molar-refractivity contribution in [1.82, 2.24) is 0 Å². The zero-order chi connectivity index (χ0) is 12.0. The third kappa shape index (κ3) is 4.31. The summed E-state index contributed by atoms with van der Waals surface area (Å²) in [5.74, 6) is 0.534. The van der Waals surface area contributed by atoms with Crippen LogP contribution in [-0.2, 0) is 4.79 Å². The Balaban J connectivity index is 2.37. The van der Waals surface area contributed by atoms with E-state index in [-0.39, 0.29) is 11.7 Å². The summed E-state index contributed by atoms with van der Waals surface area (Å²) in [5.41, 5.74) is 6.17. The zero-order valence-corrected chi connectivity index (χ0v) is 9.44. The molecule has 88 valence electrons. The van der Waals surface area contributed by atoms with Crippen molar-refractivity contribution in [3.05, 3.63) is 24.3 Å². The summed E-state index contributed by atoms with van der Waals surface area (Å²) in [4.78, 5) is 11.5. The number of benzene rings is 1. The van der Waals surface area contributed by atoms with E-state index in [1.807, 2.05) is 6.92 Å². The largest absolute Gasteiger partial charge is 0.508 e. The fourth-order valence-electron chi connectivity index (χ4n) is 1.26. The van der Waals surface area contributed by atoms with E-state index in [4.69, 9.17) is 10.8 Å². The van der Waals surface area contributed by atoms with Gasteiger partial charge in [0, 0.05) is 12.1 Å². The summed E-state index contributed by atoms with van der Waals surface area (Å²) < 4.78 is 0. The Morgan fingerprint density at radius 3 is 2.62 bits per heavy atom. The summed E-state index contributed by atoms with van der Waals surface area (Å²) in [6, 6.07) is 6.41.